The van der Waals surface area contributed by atoms with Gasteiger partial charge in [0, 0.05) is 36.7 Å². The highest BCUT2D eigenvalue weighted by Crippen LogP contribution is 2.28. The molecule has 1 heterocycles. The summed E-state index contributed by atoms with van der Waals surface area (Å²) in [5.74, 6) is 0. The third kappa shape index (κ3) is 2.08. The van der Waals surface area contributed by atoms with Crippen molar-refractivity contribution in [3.63, 3.8) is 0 Å². The van der Waals surface area contributed by atoms with Gasteiger partial charge in [-0.2, -0.15) is 0 Å². The van der Waals surface area contributed by atoms with Crippen LogP contribution in [0.25, 0.3) is 10.9 Å². The van der Waals surface area contributed by atoms with Gasteiger partial charge >= 0.3 is 0 Å². The number of benzene rings is 1. The largest absolute Gasteiger partial charge is 0.350 e. The third-order valence-electron chi connectivity index (χ3n) is 3.38. The van der Waals surface area contributed by atoms with Crippen LogP contribution in [0.4, 0.5) is 0 Å². The minimum atomic E-state index is 0.278. The predicted octanol–water partition coefficient (Wildman–Crippen LogP) is 2.05. The molecule has 2 N–H and O–H groups in total. The molecule has 3 nitrogen and oxygen atoms in total. The molecule has 1 aromatic carbocycles. The molecule has 0 saturated heterocycles. The van der Waals surface area contributed by atoms with Crippen LogP contribution in [0, 0.1) is 6.92 Å². The number of likely N-dealkylation sites (N-methyl/N-ethyl adjacent to an activating group) is 1. The van der Waals surface area contributed by atoms with Gasteiger partial charge < -0.3 is 15.2 Å². The normalized spacial score (nSPS) is 13.5. The van der Waals surface area contributed by atoms with Crippen molar-refractivity contribution in [1.82, 2.24) is 9.47 Å². The van der Waals surface area contributed by atoms with E-state index in [1.165, 1.54) is 22.0 Å². The third-order valence-corrected chi connectivity index (χ3v) is 3.38. The Morgan fingerprint density at radius 3 is 2.65 bits per heavy atom. The van der Waals surface area contributed by atoms with Crippen molar-refractivity contribution in [3.8, 4) is 0 Å². The number of nitrogens with two attached hydrogens (primary N) is 1. The lowest BCUT2D eigenvalue weighted by Gasteiger charge is -2.22. The summed E-state index contributed by atoms with van der Waals surface area (Å²) in [6.45, 7) is 2.77. The first-order valence-corrected chi connectivity index (χ1v) is 5.96. The van der Waals surface area contributed by atoms with Gasteiger partial charge in [-0.1, -0.05) is 11.6 Å². The summed E-state index contributed by atoms with van der Waals surface area (Å²) in [7, 11) is 6.24. The quantitative estimate of drug-likeness (QED) is 0.877. The monoisotopic (exact) mass is 231 g/mol. The predicted molar refractivity (Wildman–Crippen MR) is 73.1 cm³/mol. The van der Waals surface area contributed by atoms with E-state index in [1.807, 2.05) is 0 Å². The highest BCUT2D eigenvalue weighted by Gasteiger charge is 2.17. The van der Waals surface area contributed by atoms with Gasteiger partial charge in [-0.3, -0.25) is 0 Å². The first kappa shape index (κ1) is 12.1. The van der Waals surface area contributed by atoms with Crippen LogP contribution in [-0.4, -0.2) is 30.1 Å². The molecule has 0 fully saturated rings. The minimum absolute atomic E-state index is 0.278. The van der Waals surface area contributed by atoms with Crippen LogP contribution in [0.2, 0.25) is 0 Å². The number of hydrogen-bond donors (Lipinski definition) is 1. The first-order chi connectivity index (χ1) is 8.04. The van der Waals surface area contributed by atoms with Crippen LogP contribution in [0.1, 0.15) is 17.2 Å². The van der Waals surface area contributed by atoms with Crippen molar-refractivity contribution in [3.05, 3.63) is 35.5 Å². The Morgan fingerprint density at radius 2 is 2.06 bits per heavy atom. The zero-order valence-corrected chi connectivity index (χ0v) is 11.1. The molecule has 0 bridgehead atoms. The average molecular weight is 231 g/mol. The van der Waals surface area contributed by atoms with Crippen LogP contribution in [0.5, 0.6) is 0 Å². The van der Waals surface area contributed by atoms with Crippen molar-refractivity contribution in [2.75, 3.05) is 20.6 Å². The van der Waals surface area contributed by atoms with Gasteiger partial charge in [0.2, 0.25) is 0 Å². The van der Waals surface area contributed by atoms with Crippen molar-refractivity contribution in [1.29, 1.82) is 0 Å². The summed E-state index contributed by atoms with van der Waals surface area (Å²) in [5.41, 5.74) is 9.77. The smallest absolute Gasteiger partial charge is 0.0485 e. The minimum Gasteiger partial charge on any atom is -0.350 e. The molecule has 17 heavy (non-hydrogen) atoms. The fourth-order valence-electron chi connectivity index (χ4n) is 2.42. The molecule has 0 amide bonds. The molecule has 1 unspecified atom stereocenters. The van der Waals surface area contributed by atoms with Crippen molar-refractivity contribution in [2.24, 2.45) is 12.8 Å². The Morgan fingerprint density at radius 1 is 1.35 bits per heavy atom. The molecule has 0 aliphatic heterocycles. The maximum Gasteiger partial charge on any atom is 0.0485 e. The topological polar surface area (TPSA) is 34.2 Å². The second-order valence-corrected chi connectivity index (χ2v) is 4.93. The molecule has 1 atom stereocenters. The van der Waals surface area contributed by atoms with E-state index in [9.17, 15) is 0 Å². The SMILES string of the molecule is Cc1ccc2c(c1)c(C(CN)N(C)C)cn2C. The van der Waals surface area contributed by atoms with Crippen LogP contribution in [0.3, 0.4) is 0 Å². The summed E-state index contributed by atoms with van der Waals surface area (Å²) < 4.78 is 2.18. The number of hydrogen-bond acceptors (Lipinski definition) is 2. The van der Waals surface area contributed by atoms with E-state index < -0.39 is 0 Å². The first-order valence-electron chi connectivity index (χ1n) is 5.96. The highest BCUT2D eigenvalue weighted by molar-refractivity contribution is 5.85. The van der Waals surface area contributed by atoms with Gasteiger partial charge in [0.1, 0.15) is 0 Å². The molecule has 1 aromatic heterocycles. The van der Waals surface area contributed by atoms with E-state index in [2.05, 4.69) is 61.9 Å². The molecule has 2 aromatic rings. The number of aryl methyl sites for hydroxylation is 2. The van der Waals surface area contributed by atoms with Crippen molar-refractivity contribution < 1.29 is 0 Å². The summed E-state index contributed by atoms with van der Waals surface area (Å²) in [5, 5.41) is 1.32. The molecule has 2 rings (SSSR count). The maximum atomic E-state index is 5.89. The number of nitrogens with zero attached hydrogens (tertiary/aromatic N) is 2. The standard InChI is InChI=1S/C14H21N3/c1-10-5-6-13-11(7-10)12(9-17(13)4)14(8-15)16(2)3/h5-7,9,14H,8,15H2,1-4H3. The van der Waals surface area contributed by atoms with Gasteiger partial charge in [-0.15, -0.1) is 0 Å². The molecule has 3 heteroatoms. The zero-order valence-electron chi connectivity index (χ0n) is 11.1. The molecular formula is C14H21N3. The Hall–Kier alpha value is -1.32. The maximum absolute atomic E-state index is 5.89. The van der Waals surface area contributed by atoms with Gasteiger partial charge in [0.25, 0.3) is 0 Å². The molecule has 0 saturated carbocycles. The summed E-state index contributed by atoms with van der Waals surface area (Å²) >= 11 is 0. The Bertz CT molecular complexity index is 525. The van der Waals surface area contributed by atoms with Gasteiger partial charge in [0.05, 0.1) is 0 Å². The fourth-order valence-corrected chi connectivity index (χ4v) is 2.42. The van der Waals surface area contributed by atoms with Crippen molar-refractivity contribution in [2.45, 2.75) is 13.0 Å². The van der Waals surface area contributed by atoms with E-state index in [1.54, 1.807) is 0 Å². The number of fused-ring (bicyclic) bond motifs is 1. The van der Waals surface area contributed by atoms with Crippen molar-refractivity contribution >= 4 is 10.9 Å². The van der Waals surface area contributed by atoms with Gasteiger partial charge in [0.15, 0.2) is 0 Å². The van der Waals surface area contributed by atoms with E-state index in [-0.39, 0.29) is 6.04 Å². The van der Waals surface area contributed by atoms with Crippen LogP contribution in [-0.2, 0) is 7.05 Å². The van der Waals surface area contributed by atoms with E-state index in [0.717, 1.165) is 0 Å². The highest BCUT2D eigenvalue weighted by atomic mass is 15.1. The average Bonchev–Trinajstić information content (AvgIpc) is 2.56. The molecule has 0 aliphatic carbocycles. The molecule has 0 radical (unpaired) electrons. The second-order valence-electron chi connectivity index (χ2n) is 4.93. The summed E-state index contributed by atoms with van der Waals surface area (Å²) in [6, 6.07) is 6.86. The Labute approximate surface area is 103 Å². The molecule has 0 spiro atoms. The summed E-state index contributed by atoms with van der Waals surface area (Å²) in [4.78, 5) is 2.18. The lowest BCUT2D eigenvalue weighted by Crippen LogP contribution is -2.27. The van der Waals surface area contributed by atoms with E-state index in [0.29, 0.717) is 6.54 Å². The lowest BCUT2D eigenvalue weighted by molar-refractivity contribution is 0.307. The Balaban J connectivity index is 2.64. The second kappa shape index (κ2) is 4.51. The van der Waals surface area contributed by atoms with Crippen LogP contribution >= 0.6 is 0 Å². The van der Waals surface area contributed by atoms with Gasteiger partial charge in [-0.05, 0) is 38.7 Å². The number of rotatable bonds is 3. The summed E-state index contributed by atoms with van der Waals surface area (Å²) in [6.07, 6.45) is 2.20. The number of aromatic nitrogens is 1. The molecule has 92 valence electrons. The van der Waals surface area contributed by atoms with Crippen LogP contribution in [0.15, 0.2) is 24.4 Å². The van der Waals surface area contributed by atoms with Gasteiger partial charge in [-0.25, -0.2) is 0 Å². The molecule has 0 aliphatic rings. The zero-order chi connectivity index (χ0) is 12.6. The van der Waals surface area contributed by atoms with E-state index in [4.69, 9.17) is 5.73 Å². The van der Waals surface area contributed by atoms with E-state index >= 15 is 0 Å². The van der Waals surface area contributed by atoms with Crippen LogP contribution < -0.4 is 5.73 Å². The fraction of sp³-hybridized carbons (Fsp3) is 0.429. The molecular weight excluding hydrogens is 210 g/mol. The lowest BCUT2D eigenvalue weighted by atomic mass is 10.0. The Kier molecular flexibility index (Phi) is 3.22.